The van der Waals surface area contributed by atoms with Crippen LogP contribution >= 0.6 is 11.8 Å². The van der Waals surface area contributed by atoms with Crippen molar-refractivity contribution in [3.8, 4) is 0 Å². The molecule has 2 nitrogen and oxygen atoms in total. The molecule has 0 aromatic heterocycles. The molecule has 1 N–H and O–H groups in total. The SMILES string of the molecule is CNC(c1ccccc1)C(C)CN1CCSC(C)C1. The maximum absolute atomic E-state index is 3.49. The monoisotopic (exact) mass is 278 g/mol. The number of rotatable bonds is 5. The summed E-state index contributed by atoms with van der Waals surface area (Å²) < 4.78 is 0. The fourth-order valence-corrected chi connectivity index (χ4v) is 4.09. The molecule has 1 aliphatic heterocycles. The number of nitrogens with one attached hydrogen (secondary N) is 1. The van der Waals surface area contributed by atoms with E-state index in [1.807, 2.05) is 0 Å². The lowest BCUT2D eigenvalue weighted by Crippen LogP contribution is -2.41. The van der Waals surface area contributed by atoms with Crippen molar-refractivity contribution >= 4 is 11.8 Å². The van der Waals surface area contributed by atoms with Crippen LogP contribution in [0.3, 0.4) is 0 Å². The van der Waals surface area contributed by atoms with Crippen LogP contribution in [0.4, 0.5) is 0 Å². The number of nitrogens with zero attached hydrogens (tertiary/aromatic N) is 1. The van der Waals surface area contributed by atoms with Crippen LogP contribution in [0.5, 0.6) is 0 Å². The lowest BCUT2D eigenvalue weighted by molar-refractivity contribution is 0.221. The van der Waals surface area contributed by atoms with Crippen LogP contribution in [0.1, 0.15) is 25.5 Å². The molecule has 0 bridgehead atoms. The van der Waals surface area contributed by atoms with E-state index in [-0.39, 0.29) is 0 Å². The van der Waals surface area contributed by atoms with E-state index in [1.165, 1.54) is 31.0 Å². The first kappa shape index (κ1) is 14.9. The van der Waals surface area contributed by atoms with Crippen LogP contribution in [0.15, 0.2) is 30.3 Å². The van der Waals surface area contributed by atoms with Gasteiger partial charge in [0.15, 0.2) is 0 Å². The smallest absolute Gasteiger partial charge is 0.0355 e. The largest absolute Gasteiger partial charge is 0.313 e. The van der Waals surface area contributed by atoms with Gasteiger partial charge in [0.1, 0.15) is 0 Å². The zero-order valence-electron chi connectivity index (χ0n) is 12.3. The highest BCUT2D eigenvalue weighted by Crippen LogP contribution is 2.24. The van der Waals surface area contributed by atoms with Gasteiger partial charge in [-0.2, -0.15) is 11.8 Å². The number of thioether (sulfide) groups is 1. The van der Waals surface area contributed by atoms with Crippen LogP contribution < -0.4 is 5.32 Å². The predicted octanol–water partition coefficient (Wildman–Crippen LogP) is 3.02. The van der Waals surface area contributed by atoms with Gasteiger partial charge in [-0.1, -0.05) is 44.2 Å². The Bertz CT molecular complexity index is 368. The first-order valence-corrected chi connectivity index (χ1v) is 8.31. The quantitative estimate of drug-likeness (QED) is 0.891. The van der Waals surface area contributed by atoms with Crippen LogP contribution in [0.2, 0.25) is 0 Å². The minimum atomic E-state index is 0.450. The second-order valence-corrected chi connectivity index (χ2v) is 7.14. The van der Waals surface area contributed by atoms with Gasteiger partial charge in [-0.15, -0.1) is 0 Å². The molecule has 3 heteroatoms. The highest BCUT2D eigenvalue weighted by Gasteiger charge is 2.23. The fraction of sp³-hybridized carbons (Fsp3) is 0.625. The van der Waals surface area contributed by atoms with E-state index in [9.17, 15) is 0 Å². The number of hydrogen-bond donors (Lipinski definition) is 1. The zero-order valence-corrected chi connectivity index (χ0v) is 13.1. The molecule has 2 rings (SSSR count). The molecule has 0 spiro atoms. The third-order valence-electron chi connectivity index (χ3n) is 3.91. The van der Waals surface area contributed by atoms with Crippen molar-refractivity contribution in [3.05, 3.63) is 35.9 Å². The van der Waals surface area contributed by atoms with Crippen LogP contribution in [-0.4, -0.2) is 42.6 Å². The Hall–Kier alpha value is -0.510. The van der Waals surface area contributed by atoms with E-state index in [0.29, 0.717) is 12.0 Å². The summed E-state index contributed by atoms with van der Waals surface area (Å²) in [6.07, 6.45) is 0. The summed E-state index contributed by atoms with van der Waals surface area (Å²) >= 11 is 2.10. The molecular weight excluding hydrogens is 252 g/mol. The Labute approximate surface area is 122 Å². The molecule has 0 aliphatic carbocycles. The van der Waals surface area contributed by atoms with E-state index in [1.54, 1.807) is 0 Å². The average molecular weight is 278 g/mol. The molecule has 1 heterocycles. The second-order valence-electron chi connectivity index (χ2n) is 5.60. The van der Waals surface area contributed by atoms with Gasteiger partial charge in [-0.25, -0.2) is 0 Å². The maximum Gasteiger partial charge on any atom is 0.0355 e. The molecule has 0 amide bonds. The van der Waals surface area contributed by atoms with E-state index in [0.717, 1.165) is 5.25 Å². The van der Waals surface area contributed by atoms with Crippen molar-refractivity contribution < 1.29 is 0 Å². The summed E-state index contributed by atoms with van der Waals surface area (Å²) in [4.78, 5) is 2.62. The standard InChI is InChI=1S/C16H26N2S/c1-13(11-18-9-10-19-14(2)12-18)16(17-3)15-7-5-4-6-8-15/h4-8,13-14,16-17H,9-12H2,1-3H3. The highest BCUT2D eigenvalue weighted by atomic mass is 32.2. The molecule has 3 unspecified atom stereocenters. The van der Waals surface area contributed by atoms with Crippen molar-refractivity contribution in [2.24, 2.45) is 5.92 Å². The molecule has 3 atom stereocenters. The molecule has 1 aromatic rings. The molecule has 0 radical (unpaired) electrons. The van der Waals surface area contributed by atoms with E-state index >= 15 is 0 Å². The molecule has 1 aliphatic rings. The van der Waals surface area contributed by atoms with E-state index in [4.69, 9.17) is 0 Å². The molecule has 19 heavy (non-hydrogen) atoms. The van der Waals surface area contributed by atoms with Gasteiger partial charge in [0.2, 0.25) is 0 Å². The lowest BCUT2D eigenvalue weighted by Gasteiger charge is -2.35. The maximum atomic E-state index is 3.49. The predicted molar refractivity (Wildman–Crippen MR) is 85.8 cm³/mol. The van der Waals surface area contributed by atoms with Gasteiger partial charge >= 0.3 is 0 Å². The van der Waals surface area contributed by atoms with Crippen LogP contribution in [0.25, 0.3) is 0 Å². The molecule has 1 fully saturated rings. The summed E-state index contributed by atoms with van der Waals surface area (Å²) in [5, 5.41) is 4.27. The molecule has 0 saturated carbocycles. The summed E-state index contributed by atoms with van der Waals surface area (Å²) in [6, 6.07) is 11.3. The van der Waals surface area contributed by atoms with Gasteiger partial charge in [0, 0.05) is 36.7 Å². The Balaban J connectivity index is 1.95. The zero-order chi connectivity index (χ0) is 13.7. The van der Waals surface area contributed by atoms with Crippen molar-refractivity contribution in [2.45, 2.75) is 25.1 Å². The third kappa shape index (κ3) is 4.23. The first-order valence-electron chi connectivity index (χ1n) is 7.27. The van der Waals surface area contributed by atoms with Gasteiger partial charge in [0.25, 0.3) is 0 Å². The van der Waals surface area contributed by atoms with Crippen LogP contribution in [0, 0.1) is 5.92 Å². The number of hydrogen-bond acceptors (Lipinski definition) is 3. The normalized spacial score (nSPS) is 24.1. The number of benzene rings is 1. The van der Waals surface area contributed by atoms with Gasteiger partial charge in [-0.3, -0.25) is 0 Å². The lowest BCUT2D eigenvalue weighted by atomic mass is 9.94. The van der Waals surface area contributed by atoms with Crippen molar-refractivity contribution in [3.63, 3.8) is 0 Å². The summed E-state index contributed by atoms with van der Waals surface area (Å²) in [5.74, 6) is 1.91. The van der Waals surface area contributed by atoms with Crippen molar-refractivity contribution in [1.82, 2.24) is 10.2 Å². The van der Waals surface area contributed by atoms with Crippen molar-refractivity contribution in [1.29, 1.82) is 0 Å². The molecule has 106 valence electrons. The van der Waals surface area contributed by atoms with Crippen molar-refractivity contribution in [2.75, 3.05) is 32.4 Å². The highest BCUT2D eigenvalue weighted by molar-refractivity contribution is 7.99. The molecule has 1 aromatic carbocycles. The fourth-order valence-electron chi connectivity index (χ4n) is 3.01. The van der Waals surface area contributed by atoms with Crippen LogP contribution in [-0.2, 0) is 0 Å². The minimum Gasteiger partial charge on any atom is -0.313 e. The Morgan fingerprint density at radius 1 is 1.37 bits per heavy atom. The average Bonchev–Trinajstić information content (AvgIpc) is 2.41. The Kier molecular flexibility index (Phi) is 5.74. The summed E-state index contributed by atoms with van der Waals surface area (Å²) in [5.41, 5.74) is 1.40. The van der Waals surface area contributed by atoms with E-state index in [2.05, 4.69) is 73.2 Å². The Morgan fingerprint density at radius 2 is 2.11 bits per heavy atom. The van der Waals surface area contributed by atoms with Gasteiger partial charge in [-0.05, 0) is 18.5 Å². The second kappa shape index (κ2) is 7.32. The third-order valence-corrected chi connectivity index (χ3v) is 5.05. The molecular formula is C16H26N2S. The topological polar surface area (TPSA) is 15.3 Å². The summed E-state index contributed by atoms with van der Waals surface area (Å²) in [7, 11) is 2.07. The summed E-state index contributed by atoms with van der Waals surface area (Å²) in [6.45, 7) is 8.37. The molecule has 1 saturated heterocycles. The van der Waals surface area contributed by atoms with Gasteiger partial charge in [0.05, 0.1) is 0 Å². The first-order chi connectivity index (χ1) is 9.20. The van der Waals surface area contributed by atoms with Gasteiger partial charge < -0.3 is 10.2 Å². The Morgan fingerprint density at radius 3 is 2.74 bits per heavy atom. The minimum absolute atomic E-state index is 0.450. The van der Waals surface area contributed by atoms with E-state index < -0.39 is 0 Å².